The van der Waals surface area contributed by atoms with Gasteiger partial charge in [-0.15, -0.1) is 0 Å². The summed E-state index contributed by atoms with van der Waals surface area (Å²) >= 11 is 0. The molecule has 0 bridgehead atoms. The zero-order valence-electron chi connectivity index (χ0n) is 21.7. The maximum Gasteiger partial charge on any atom is 0.295 e. The Balaban J connectivity index is 2.00. The van der Waals surface area contributed by atoms with E-state index in [0.717, 1.165) is 32.4 Å². The molecule has 0 aliphatic carbocycles. The predicted molar refractivity (Wildman–Crippen MR) is 139 cm³/mol. The summed E-state index contributed by atoms with van der Waals surface area (Å²) in [7, 11) is 0. The fraction of sp³-hybridized carbons (Fsp3) is 0.448. The van der Waals surface area contributed by atoms with Crippen molar-refractivity contribution in [2.75, 3.05) is 32.8 Å². The molecule has 194 valence electrons. The number of benzene rings is 2. The Morgan fingerprint density at radius 2 is 1.75 bits per heavy atom. The van der Waals surface area contributed by atoms with Crippen molar-refractivity contribution < 1.29 is 23.8 Å². The lowest BCUT2D eigenvalue weighted by Crippen LogP contribution is -2.38. The van der Waals surface area contributed by atoms with Crippen LogP contribution in [0.5, 0.6) is 5.75 Å². The summed E-state index contributed by atoms with van der Waals surface area (Å²) in [5.74, 6) is -1.59. The summed E-state index contributed by atoms with van der Waals surface area (Å²) in [6.07, 6.45) is 3.18. The molecule has 0 radical (unpaired) electrons. The standard InChI is InChI=1S/C29H37FN2O4/c1-5-8-9-18-36-23-14-12-21(13-15-23)26-25(27(33)22-11-10-20(4)24(30)19-22)28(34)29(35)32(26)17-16-31(6-2)7-3/h10-15,19,26,33H,5-9,16-18H2,1-4H3/b27-25+. The Morgan fingerprint density at radius 1 is 1.06 bits per heavy atom. The first-order valence-corrected chi connectivity index (χ1v) is 12.8. The molecule has 1 aliphatic heterocycles. The van der Waals surface area contributed by atoms with Gasteiger partial charge in [-0.05, 0) is 55.8 Å². The average molecular weight is 497 g/mol. The van der Waals surface area contributed by atoms with Crippen LogP contribution in [0.4, 0.5) is 4.39 Å². The average Bonchev–Trinajstić information content (AvgIpc) is 3.13. The third kappa shape index (κ3) is 6.13. The number of hydrogen-bond donors (Lipinski definition) is 1. The molecule has 3 rings (SSSR count). The molecule has 1 aliphatic rings. The lowest BCUT2D eigenvalue weighted by molar-refractivity contribution is -0.140. The molecule has 1 saturated heterocycles. The van der Waals surface area contributed by atoms with Crippen LogP contribution >= 0.6 is 0 Å². The number of ketones is 1. The maximum atomic E-state index is 14.3. The van der Waals surface area contributed by atoms with Gasteiger partial charge in [-0.1, -0.05) is 57.9 Å². The van der Waals surface area contributed by atoms with Crippen LogP contribution in [0.25, 0.3) is 5.76 Å². The van der Waals surface area contributed by atoms with E-state index >= 15 is 0 Å². The minimum absolute atomic E-state index is 0.0283. The number of hydrogen-bond acceptors (Lipinski definition) is 5. The molecule has 0 saturated carbocycles. The van der Waals surface area contributed by atoms with Crippen molar-refractivity contribution in [1.29, 1.82) is 0 Å². The highest BCUT2D eigenvalue weighted by Crippen LogP contribution is 2.39. The number of aliphatic hydroxyl groups excluding tert-OH is 1. The Hall–Kier alpha value is -3.19. The summed E-state index contributed by atoms with van der Waals surface area (Å²) < 4.78 is 20.1. The summed E-state index contributed by atoms with van der Waals surface area (Å²) in [6.45, 7) is 11.0. The first-order valence-electron chi connectivity index (χ1n) is 12.8. The molecule has 1 unspecified atom stereocenters. The van der Waals surface area contributed by atoms with Gasteiger partial charge in [0.1, 0.15) is 17.3 Å². The van der Waals surface area contributed by atoms with E-state index in [2.05, 4.69) is 11.8 Å². The summed E-state index contributed by atoms with van der Waals surface area (Å²) in [6, 6.07) is 10.8. The largest absolute Gasteiger partial charge is 0.507 e. The summed E-state index contributed by atoms with van der Waals surface area (Å²) in [5, 5.41) is 11.1. The molecule has 1 N–H and O–H groups in total. The van der Waals surface area contributed by atoms with E-state index in [9.17, 15) is 19.1 Å². The Bertz CT molecular complexity index is 1090. The molecule has 0 spiro atoms. The predicted octanol–water partition coefficient (Wildman–Crippen LogP) is 5.47. The van der Waals surface area contributed by atoms with Crippen LogP contribution in [0.3, 0.4) is 0 Å². The molecule has 2 aromatic rings. The Labute approximate surface area is 213 Å². The van der Waals surface area contributed by atoms with Crippen molar-refractivity contribution in [2.24, 2.45) is 0 Å². The number of aryl methyl sites for hydroxylation is 1. The van der Waals surface area contributed by atoms with Gasteiger partial charge in [0.15, 0.2) is 0 Å². The van der Waals surface area contributed by atoms with Crippen molar-refractivity contribution >= 4 is 17.4 Å². The van der Waals surface area contributed by atoms with Crippen LogP contribution in [-0.4, -0.2) is 59.4 Å². The number of carbonyl (C=O) groups excluding carboxylic acids is 2. The minimum atomic E-state index is -0.779. The van der Waals surface area contributed by atoms with Gasteiger partial charge in [0.05, 0.1) is 18.2 Å². The number of unbranched alkanes of at least 4 members (excludes halogenated alkanes) is 2. The van der Waals surface area contributed by atoms with Gasteiger partial charge in [0, 0.05) is 18.7 Å². The zero-order valence-corrected chi connectivity index (χ0v) is 21.7. The third-order valence-corrected chi connectivity index (χ3v) is 6.75. The number of rotatable bonds is 12. The number of amides is 1. The smallest absolute Gasteiger partial charge is 0.295 e. The first kappa shape index (κ1) is 27.4. The normalized spacial score (nSPS) is 17.3. The number of likely N-dealkylation sites (N-methyl/N-ethyl adjacent to an activating group) is 1. The zero-order chi connectivity index (χ0) is 26.2. The number of halogens is 1. The van der Waals surface area contributed by atoms with Gasteiger partial charge in [-0.3, -0.25) is 9.59 Å². The third-order valence-electron chi connectivity index (χ3n) is 6.75. The Kier molecular flexibility index (Phi) is 9.65. The van der Waals surface area contributed by atoms with Crippen LogP contribution in [0.15, 0.2) is 48.0 Å². The molecule has 1 amide bonds. The molecule has 1 heterocycles. The second-order valence-electron chi connectivity index (χ2n) is 9.11. The van der Waals surface area contributed by atoms with Crippen molar-refractivity contribution in [1.82, 2.24) is 9.80 Å². The first-order chi connectivity index (χ1) is 17.3. The van der Waals surface area contributed by atoms with Gasteiger partial charge in [-0.2, -0.15) is 0 Å². The number of carbonyl (C=O) groups is 2. The van der Waals surface area contributed by atoms with Gasteiger partial charge < -0.3 is 19.6 Å². The second-order valence-corrected chi connectivity index (χ2v) is 9.11. The number of Topliss-reactive ketones (excluding diaryl/α,β-unsaturated/α-hetero) is 1. The quantitative estimate of drug-likeness (QED) is 0.183. The molecule has 0 aromatic heterocycles. The SMILES string of the molecule is CCCCCOc1ccc(C2/C(=C(\O)c3ccc(C)c(F)c3)C(=O)C(=O)N2CCN(CC)CC)cc1. The maximum absolute atomic E-state index is 14.3. The molecule has 1 atom stereocenters. The molecule has 2 aromatic carbocycles. The van der Waals surface area contributed by atoms with Crippen molar-refractivity contribution in [3.05, 3.63) is 70.5 Å². The van der Waals surface area contributed by atoms with E-state index < -0.39 is 23.5 Å². The highest BCUT2D eigenvalue weighted by molar-refractivity contribution is 6.46. The van der Waals surface area contributed by atoms with Crippen LogP contribution in [0.1, 0.15) is 62.8 Å². The number of aliphatic hydroxyl groups is 1. The second kappa shape index (κ2) is 12.7. The van der Waals surface area contributed by atoms with Gasteiger partial charge in [0.2, 0.25) is 0 Å². The van der Waals surface area contributed by atoms with Gasteiger partial charge in [0.25, 0.3) is 11.7 Å². The van der Waals surface area contributed by atoms with Crippen LogP contribution < -0.4 is 4.74 Å². The van der Waals surface area contributed by atoms with E-state index in [1.54, 1.807) is 19.1 Å². The Morgan fingerprint density at radius 3 is 2.36 bits per heavy atom. The molecule has 1 fully saturated rings. The van der Waals surface area contributed by atoms with E-state index in [1.807, 2.05) is 38.1 Å². The topological polar surface area (TPSA) is 70.1 Å². The number of nitrogens with zero attached hydrogens (tertiary/aromatic N) is 2. The van der Waals surface area contributed by atoms with Crippen LogP contribution in [-0.2, 0) is 9.59 Å². The molecule has 36 heavy (non-hydrogen) atoms. The van der Waals surface area contributed by atoms with E-state index in [-0.39, 0.29) is 16.9 Å². The lowest BCUT2D eigenvalue weighted by atomic mass is 9.95. The molecular formula is C29H37FN2O4. The molecule has 7 heteroatoms. The molecule has 6 nitrogen and oxygen atoms in total. The number of ether oxygens (including phenoxy) is 1. The monoisotopic (exact) mass is 496 g/mol. The van der Waals surface area contributed by atoms with Gasteiger partial charge in [-0.25, -0.2) is 4.39 Å². The van der Waals surface area contributed by atoms with E-state index in [4.69, 9.17) is 4.74 Å². The van der Waals surface area contributed by atoms with Crippen molar-refractivity contribution in [3.63, 3.8) is 0 Å². The fourth-order valence-electron chi connectivity index (χ4n) is 4.43. The van der Waals surface area contributed by atoms with Crippen LogP contribution in [0, 0.1) is 12.7 Å². The van der Waals surface area contributed by atoms with Crippen LogP contribution in [0.2, 0.25) is 0 Å². The summed E-state index contributed by atoms with van der Waals surface area (Å²) in [4.78, 5) is 30.0. The number of likely N-dealkylation sites (tertiary alicyclic amines) is 1. The van der Waals surface area contributed by atoms with Crippen molar-refractivity contribution in [2.45, 2.75) is 53.0 Å². The highest BCUT2D eigenvalue weighted by Gasteiger charge is 2.46. The van der Waals surface area contributed by atoms with Crippen molar-refractivity contribution in [3.8, 4) is 5.75 Å². The summed E-state index contributed by atoms with van der Waals surface area (Å²) in [5.41, 5.74) is 1.25. The lowest BCUT2D eigenvalue weighted by Gasteiger charge is -2.28. The highest BCUT2D eigenvalue weighted by atomic mass is 19.1. The molecular weight excluding hydrogens is 459 g/mol. The van der Waals surface area contributed by atoms with Gasteiger partial charge >= 0.3 is 0 Å². The van der Waals surface area contributed by atoms with E-state index in [0.29, 0.717) is 36.6 Å². The van der Waals surface area contributed by atoms with E-state index in [1.165, 1.54) is 11.0 Å². The minimum Gasteiger partial charge on any atom is -0.507 e. The fourth-order valence-corrected chi connectivity index (χ4v) is 4.43.